The van der Waals surface area contributed by atoms with Crippen LogP contribution in [0.25, 0.3) is 9.88 Å². The molecule has 2 unspecified atom stereocenters. The number of ether oxygens (including phenoxy) is 1. The van der Waals surface area contributed by atoms with Crippen molar-refractivity contribution in [3.8, 4) is 9.88 Å². The van der Waals surface area contributed by atoms with Gasteiger partial charge in [0.05, 0.1) is 11.0 Å². The Bertz CT molecular complexity index is 626. The zero-order valence-electron chi connectivity index (χ0n) is 11.5. The number of aromatic nitrogens is 1. The summed E-state index contributed by atoms with van der Waals surface area (Å²) in [6, 6.07) is 3.93. The Morgan fingerprint density at radius 1 is 1.62 bits per heavy atom. The number of thiophene rings is 1. The van der Waals surface area contributed by atoms with Gasteiger partial charge in [0.2, 0.25) is 0 Å². The zero-order chi connectivity index (χ0) is 14.9. The third-order valence-electron chi connectivity index (χ3n) is 3.68. The SMILES string of the molecule is CC1OCCC1(O)CNC(=O)c1csc(-c2cccs2)n1. The van der Waals surface area contributed by atoms with Crippen LogP contribution in [0.4, 0.5) is 0 Å². The number of rotatable bonds is 4. The number of hydrogen-bond donors (Lipinski definition) is 2. The quantitative estimate of drug-likeness (QED) is 0.904. The summed E-state index contributed by atoms with van der Waals surface area (Å²) in [5.74, 6) is -0.262. The van der Waals surface area contributed by atoms with Gasteiger partial charge in [-0.3, -0.25) is 4.79 Å². The van der Waals surface area contributed by atoms with E-state index in [1.165, 1.54) is 11.3 Å². The minimum Gasteiger partial charge on any atom is -0.385 e. The van der Waals surface area contributed by atoms with E-state index in [1.54, 1.807) is 16.7 Å². The average molecular weight is 324 g/mol. The topological polar surface area (TPSA) is 71.5 Å². The van der Waals surface area contributed by atoms with E-state index in [9.17, 15) is 9.90 Å². The molecule has 5 nitrogen and oxygen atoms in total. The van der Waals surface area contributed by atoms with E-state index < -0.39 is 5.60 Å². The molecule has 1 fully saturated rings. The molecule has 3 heterocycles. The summed E-state index contributed by atoms with van der Waals surface area (Å²) in [6.07, 6.45) is 0.265. The molecule has 112 valence electrons. The van der Waals surface area contributed by atoms with Crippen molar-refractivity contribution in [2.24, 2.45) is 0 Å². The maximum atomic E-state index is 12.1. The van der Waals surface area contributed by atoms with E-state index >= 15 is 0 Å². The Kier molecular flexibility index (Phi) is 4.08. The van der Waals surface area contributed by atoms with E-state index in [4.69, 9.17) is 4.74 Å². The van der Waals surface area contributed by atoms with E-state index in [0.717, 1.165) is 9.88 Å². The predicted molar refractivity (Wildman–Crippen MR) is 82.7 cm³/mol. The molecule has 7 heteroatoms. The number of carbonyl (C=O) groups is 1. The summed E-state index contributed by atoms with van der Waals surface area (Å²) in [7, 11) is 0. The summed E-state index contributed by atoms with van der Waals surface area (Å²) in [5, 5.41) is 17.7. The highest BCUT2D eigenvalue weighted by Crippen LogP contribution is 2.28. The normalized spacial score (nSPS) is 25.1. The first kappa shape index (κ1) is 14.6. The molecule has 0 aromatic carbocycles. The molecule has 0 spiro atoms. The van der Waals surface area contributed by atoms with Gasteiger partial charge in [0, 0.05) is 25.0 Å². The van der Waals surface area contributed by atoms with Crippen LogP contribution in [-0.4, -0.2) is 40.9 Å². The molecule has 1 amide bonds. The van der Waals surface area contributed by atoms with Crippen LogP contribution < -0.4 is 5.32 Å². The summed E-state index contributed by atoms with van der Waals surface area (Å²) in [6.45, 7) is 2.52. The molecule has 2 atom stereocenters. The van der Waals surface area contributed by atoms with Gasteiger partial charge < -0.3 is 15.2 Å². The minimum absolute atomic E-state index is 0.179. The molecule has 1 saturated heterocycles. The molecule has 21 heavy (non-hydrogen) atoms. The summed E-state index contributed by atoms with van der Waals surface area (Å²) < 4.78 is 5.35. The van der Waals surface area contributed by atoms with Crippen molar-refractivity contribution >= 4 is 28.6 Å². The van der Waals surface area contributed by atoms with Gasteiger partial charge >= 0.3 is 0 Å². The Labute approximate surface area is 130 Å². The maximum Gasteiger partial charge on any atom is 0.270 e. The Hall–Kier alpha value is -1.28. The van der Waals surface area contributed by atoms with Crippen LogP contribution in [0, 0.1) is 0 Å². The lowest BCUT2D eigenvalue weighted by Gasteiger charge is -2.25. The number of nitrogens with one attached hydrogen (secondary N) is 1. The monoisotopic (exact) mass is 324 g/mol. The Balaban J connectivity index is 1.64. The van der Waals surface area contributed by atoms with Crippen LogP contribution in [0.15, 0.2) is 22.9 Å². The Morgan fingerprint density at radius 2 is 2.48 bits per heavy atom. The molecule has 1 aliphatic rings. The van der Waals surface area contributed by atoms with Gasteiger partial charge in [-0.15, -0.1) is 22.7 Å². The van der Waals surface area contributed by atoms with Crippen molar-refractivity contribution in [3.05, 3.63) is 28.6 Å². The lowest BCUT2D eigenvalue weighted by atomic mass is 9.97. The van der Waals surface area contributed by atoms with Gasteiger partial charge in [0.15, 0.2) is 0 Å². The van der Waals surface area contributed by atoms with Crippen LogP contribution in [0.2, 0.25) is 0 Å². The molecule has 3 rings (SSSR count). The van der Waals surface area contributed by atoms with Crippen molar-refractivity contribution in [1.82, 2.24) is 10.3 Å². The fourth-order valence-electron chi connectivity index (χ4n) is 2.22. The third-order valence-corrected chi connectivity index (χ3v) is 5.56. The van der Waals surface area contributed by atoms with Crippen LogP contribution in [0.3, 0.4) is 0 Å². The van der Waals surface area contributed by atoms with Crippen LogP contribution >= 0.6 is 22.7 Å². The van der Waals surface area contributed by atoms with Gasteiger partial charge in [-0.1, -0.05) is 6.07 Å². The first-order valence-corrected chi connectivity index (χ1v) is 8.46. The fourth-order valence-corrected chi connectivity index (χ4v) is 3.83. The number of amides is 1. The zero-order valence-corrected chi connectivity index (χ0v) is 13.2. The van der Waals surface area contributed by atoms with Crippen molar-refractivity contribution in [3.63, 3.8) is 0 Å². The highest BCUT2D eigenvalue weighted by molar-refractivity contribution is 7.20. The van der Waals surface area contributed by atoms with Gasteiger partial charge in [0.25, 0.3) is 5.91 Å². The number of hydrogen-bond acceptors (Lipinski definition) is 6. The van der Waals surface area contributed by atoms with Crippen molar-refractivity contribution in [2.45, 2.75) is 25.0 Å². The first-order chi connectivity index (χ1) is 10.1. The molecule has 2 aromatic rings. The highest BCUT2D eigenvalue weighted by Gasteiger charge is 2.39. The lowest BCUT2D eigenvalue weighted by Crippen LogP contribution is -2.47. The van der Waals surface area contributed by atoms with E-state index in [-0.39, 0.29) is 18.6 Å². The minimum atomic E-state index is -0.984. The fraction of sp³-hybridized carbons (Fsp3) is 0.429. The molecule has 2 N–H and O–H groups in total. The highest BCUT2D eigenvalue weighted by atomic mass is 32.1. The number of nitrogens with zero attached hydrogens (tertiary/aromatic N) is 1. The van der Waals surface area contributed by atoms with Crippen LogP contribution in [-0.2, 0) is 4.74 Å². The van der Waals surface area contributed by atoms with E-state index in [0.29, 0.717) is 18.7 Å². The summed E-state index contributed by atoms with van der Waals surface area (Å²) in [5.41, 5.74) is -0.596. The van der Waals surface area contributed by atoms with Crippen LogP contribution in [0.1, 0.15) is 23.8 Å². The second-order valence-corrected chi connectivity index (χ2v) is 6.87. The second-order valence-electron chi connectivity index (χ2n) is 5.06. The summed E-state index contributed by atoms with van der Waals surface area (Å²) in [4.78, 5) is 17.5. The van der Waals surface area contributed by atoms with Crippen molar-refractivity contribution < 1.29 is 14.6 Å². The molecule has 0 radical (unpaired) electrons. The first-order valence-electron chi connectivity index (χ1n) is 6.70. The lowest BCUT2D eigenvalue weighted by molar-refractivity contribution is -0.0251. The number of thiazole rings is 1. The molecule has 0 saturated carbocycles. The largest absolute Gasteiger partial charge is 0.385 e. The summed E-state index contributed by atoms with van der Waals surface area (Å²) >= 11 is 3.04. The van der Waals surface area contributed by atoms with Gasteiger partial charge in [-0.25, -0.2) is 4.98 Å². The standard InChI is InChI=1S/C14H16N2O3S2/c1-9-14(18,4-5-19-9)8-15-12(17)10-7-21-13(16-10)11-3-2-6-20-11/h2-3,6-7,9,18H,4-5,8H2,1H3,(H,15,17). The molecular formula is C14H16N2O3S2. The number of aliphatic hydroxyl groups is 1. The maximum absolute atomic E-state index is 12.1. The van der Waals surface area contributed by atoms with Gasteiger partial charge in [-0.2, -0.15) is 0 Å². The molecular weight excluding hydrogens is 308 g/mol. The van der Waals surface area contributed by atoms with Crippen molar-refractivity contribution in [2.75, 3.05) is 13.2 Å². The van der Waals surface area contributed by atoms with Crippen LogP contribution in [0.5, 0.6) is 0 Å². The second kappa shape index (κ2) is 5.84. The molecule has 0 aliphatic carbocycles. The predicted octanol–water partition coefficient (Wildman–Crippen LogP) is 2.14. The van der Waals surface area contributed by atoms with E-state index in [2.05, 4.69) is 10.3 Å². The Morgan fingerprint density at radius 3 is 3.14 bits per heavy atom. The number of carbonyl (C=O) groups excluding carboxylic acids is 1. The van der Waals surface area contributed by atoms with Gasteiger partial charge in [-0.05, 0) is 18.4 Å². The average Bonchev–Trinajstić information content (AvgIpc) is 3.18. The molecule has 1 aliphatic heterocycles. The third kappa shape index (κ3) is 3.01. The van der Waals surface area contributed by atoms with E-state index in [1.807, 2.05) is 24.4 Å². The van der Waals surface area contributed by atoms with Gasteiger partial charge in [0.1, 0.15) is 16.3 Å². The molecule has 0 bridgehead atoms. The molecule has 2 aromatic heterocycles. The smallest absolute Gasteiger partial charge is 0.270 e. The van der Waals surface area contributed by atoms with Crippen molar-refractivity contribution in [1.29, 1.82) is 0 Å².